The van der Waals surface area contributed by atoms with Crippen LogP contribution in [0.3, 0.4) is 0 Å². The first-order valence-corrected chi connectivity index (χ1v) is 13.6. The lowest BCUT2D eigenvalue weighted by atomic mass is 9.98. The van der Waals surface area contributed by atoms with E-state index >= 15 is 0 Å². The van der Waals surface area contributed by atoms with Gasteiger partial charge < -0.3 is 25.4 Å². The monoisotopic (exact) mass is 539 g/mol. The molecule has 0 saturated carbocycles. The van der Waals surface area contributed by atoms with Gasteiger partial charge in [-0.15, -0.1) is 0 Å². The summed E-state index contributed by atoms with van der Waals surface area (Å²) >= 11 is 0. The lowest BCUT2D eigenvalue weighted by Gasteiger charge is -2.36. The number of benzene rings is 2. The Bertz CT molecular complexity index is 1070. The van der Waals surface area contributed by atoms with Crippen molar-refractivity contribution in [3.05, 3.63) is 65.7 Å². The first-order valence-electron chi connectivity index (χ1n) is 13.6. The van der Waals surface area contributed by atoms with Crippen molar-refractivity contribution in [2.24, 2.45) is 0 Å². The number of carbonyl (C=O) groups excluding carboxylic acids is 3. The Morgan fingerprint density at radius 1 is 0.923 bits per heavy atom. The molecule has 0 aromatic heterocycles. The maximum absolute atomic E-state index is 14.3. The predicted octanol–water partition coefficient (Wildman–Crippen LogP) is 5.50. The summed E-state index contributed by atoms with van der Waals surface area (Å²) in [4.78, 5) is 42.4. The Balaban J connectivity index is 2.55. The van der Waals surface area contributed by atoms with E-state index in [4.69, 9.17) is 4.74 Å². The van der Waals surface area contributed by atoms with E-state index in [1.807, 2.05) is 51.1 Å². The standard InChI is InChI=1S/C31H45N3O5/c1-8-9-13-20-34(26(27(36)33-30(2,3)4)23-16-18-24(35)19-17-23)28(37)25(21-22-14-11-10-12-15-22)32-29(38)39-31(5,6)7/h10-12,14-19,25-26,35H,8-9,13,20-21H2,1-7H3,(H,32,38)(H,33,36). The van der Waals surface area contributed by atoms with E-state index in [2.05, 4.69) is 17.6 Å². The predicted molar refractivity (Wildman–Crippen MR) is 153 cm³/mol. The van der Waals surface area contributed by atoms with E-state index < -0.39 is 29.3 Å². The topological polar surface area (TPSA) is 108 Å². The first kappa shape index (κ1) is 31.7. The third kappa shape index (κ3) is 11.0. The Labute approximate surface area is 233 Å². The summed E-state index contributed by atoms with van der Waals surface area (Å²) in [6.45, 7) is 13.3. The average Bonchev–Trinajstić information content (AvgIpc) is 2.82. The summed E-state index contributed by atoms with van der Waals surface area (Å²) in [7, 11) is 0. The smallest absolute Gasteiger partial charge is 0.408 e. The number of phenolic OH excluding ortho intramolecular Hbond substituents is 1. The maximum atomic E-state index is 14.3. The molecule has 2 aromatic carbocycles. The van der Waals surface area contributed by atoms with Crippen molar-refractivity contribution < 1.29 is 24.2 Å². The van der Waals surface area contributed by atoms with Crippen LogP contribution in [-0.2, 0) is 20.7 Å². The number of aromatic hydroxyl groups is 1. The molecule has 0 fully saturated rings. The Morgan fingerprint density at radius 2 is 1.54 bits per heavy atom. The van der Waals surface area contributed by atoms with Crippen LogP contribution in [0.1, 0.15) is 84.9 Å². The fraction of sp³-hybridized carbons (Fsp3) is 0.516. The quantitative estimate of drug-likeness (QED) is 0.327. The fourth-order valence-electron chi connectivity index (χ4n) is 4.17. The lowest BCUT2D eigenvalue weighted by Crippen LogP contribution is -2.55. The van der Waals surface area contributed by atoms with E-state index in [9.17, 15) is 19.5 Å². The minimum Gasteiger partial charge on any atom is -0.508 e. The normalized spacial score (nSPS) is 13.2. The van der Waals surface area contributed by atoms with Crippen LogP contribution in [0.5, 0.6) is 5.75 Å². The molecule has 3 amide bonds. The maximum Gasteiger partial charge on any atom is 0.408 e. The molecule has 2 aromatic rings. The largest absolute Gasteiger partial charge is 0.508 e. The van der Waals surface area contributed by atoms with Gasteiger partial charge >= 0.3 is 6.09 Å². The molecule has 2 rings (SSSR count). The van der Waals surface area contributed by atoms with E-state index in [0.717, 1.165) is 18.4 Å². The van der Waals surface area contributed by atoms with Crippen LogP contribution in [0.2, 0.25) is 0 Å². The number of unbranched alkanes of at least 4 members (excludes halogenated alkanes) is 2. The number of hydrogen-bond donors (Lipinski definition) is 3. The van der Waals surface area contributed by atoms with E-state index in [0.29, 0.717) is 18.5 Å². The molecule has 214 valence electrons. The molecule has 2 unspecified atom stereocenters. The van der Waals surface area contributed by atoms with Gasteiger partial charge in [0.2, 0.25) is 11.8 Å². The minimum atomic E-state index is -0.967. The van der Waals surface area contributed by atoms with Crippen molar-refractivity contribution in [2.75, 3.05) is 6.54 Å². The van der Waals surface area contributed by atoms with Crippen LogP contribution in [0.25, 0.3) is 0 Å². The third-order valence-electron chi connectivity index (χ3n) is 5.82. The zero-order valence-corrected chi connectivity index (χ0v) is 24.4. The molecule has 0 aliphatic heterocycles. The van der Waals surface area contributed by atoms with Gasteiger partial charge in [-0.1, -0.05) is 62.2 Å². The van der Waals surface area contributed by atoms with Crippen LogP contribution in [0.15, 0.2) is 54.6 Å². The second-order valence-corrected chi connectivity index (χ2v) is 11.9. The van der Waals surface area contributed by atoms with Crippen molar-refractivity contribution in [2.45, 2.75) is 97.4 Å². The second kappa shape index (κ2) is 14.0. The highest BCUT2D eigenvalue weighted by atomic mass is 16.6. The van der Waals surface area contributed by atoms with Crippen LogP contribution in [-0.4, -0.2) is 51.6 Å². The van der Waals surface area contributed by atoms with Crippen molar-refractivity contribution in [3.63, 3.8) is 0 Å². The first-order chi connectivity index (χ1) is 18.2. The summed E-state index contributed by atoms with van der Waals surface area (Å²) in [5.41, 5.74) is 0.144. The summed E-state index contributed by atoms with van der Waals surface area (Å²) in [6.07, 6.45) is 2.02. The lowest BCUT2D eigenvalue weighted by molar-refractivity contribution is -0.143. The van der Waals surface area contributed by atoms with Gasteiger partial charge in [-0.3, -0.25) is 9.59 Å². The molecule has 0 bridgehead atoms. The molecule has 3 N–H and O–H groups in total. The Kier molecular flexibility index (Phi) is 11.4. The number of nitrogens with zero attached hydrogens (tertiary/aromatic N) is 1. The molecule has 39 heavy (non-hydrogen) atoms. The molecule has 0 aliphatic rings. The minimum absolute atomic E-state index is 0.0612. The van der Waals surface area contributed by atoms with Gasteiger partial charge in [0.1, 0.15) is 23.4 Å². The number of rotatable bonds is 11. The fourth-order valence-corrected chi connectivity index (χ4v) is 4.17. The van der Waals surface area contributed by atoms with Crippen LogP contribution < -0.4 is 10.6 Å². The number of alkyl carbamates (subject to hydrolysis) is 1. The summed E-state index contributed by atoms with van der Waals surface area (Å²) in [5, 5.41) is 15.7. The molecular formula is C31H45N3O5. The average molecular weight is 540 g/mol. The van der Waals surface area contributed by atoms with E-state index in [1.54, 1.807) is 37.8 Å². The van der Waals surface area contributed by atoms with Gasteiger partial charge in [0.05, 0.1) is 0 Å². The van der Waals surface area contributed by atoms with Crippen molar-refractivity contribution in [1.29, 1.82) is 0 Å². The molecule has 0 radical (unpaired) electrons. The highest BCUT2D eigenvalue weighted by Crippen LogP contribution is 2.26. The summed E-state index contributed by atoms with van der Waals surface area (Å²) in [5.74, 6) is -0.664. The van der Waals surface area contributed by atoms with Crippen molar-refractivity contribution in [3.8, 4) is 5.75 Å². The summed E-state index contributed by atoms with van der Waals surface area (Å²) < 4.78 is 5.48. The number of phenols is 1. The molecular weight excluding hydrogens is 494 g/mol. The van der Waals surface area contributed by atoms with Gasteiger partial charge in [0.15, 0.2) is 0 Å². The highest BCUT2D eigenvalue weighted by Gasteiger charge is 2.37. The number of nitrogens with one attached hydrogen (secondary N) is 2. The molecule has 0 saturated heterocycles. The van der Waals surface area contributed by atoms with Gasteiger partial charge in [0.25, 0.3) is 0 Å². The number of hydrogen-bond acceptors (Lipinski definition) is 5. The summed E-state index contributed by atoms with van der Waals surface area (Å²) in [6, 6.07) is 13.8. The Hall–Kier alpha value is -3.55. The molecule has 0 spiro atoms. The molecule has 0 aliphatic carbocycles. The number of ether oxygens (including phenoxy) is 1. The van der Waals surface area contributed by atoms with Gasteiger partial charge in [-0.25, -0.2) is 4.79 Å². The van der Waals surface area contributed by atoms with Gasteiger partial charge in [-0.2, -0.15) is 0 Å². The number of amides is 3. The van der Waals surface area contributed by atoms with Gasteiger partial charge in [-0.05, 0) is 71.2 Å². The van der Waals surface area contributed by atoms with Crippen LogP contribution >= 0.6 is 0 Å². The number of carbonyl (C=O) groups is 3. The molecule has 0 heterocycles. The van der Waals surface area contributed by atoms with E-state index in [1.165, 1.54) is 12.1 Å². The molecule has 8 heteroatoms. The highest BCUT2D eigenvalue weighted by molar-refractivity contribution is 5.92. The van der Waals surface area contributed by atoms with Crippen LogP contribution in [0, 0.1) is 0 Å². The zero-order valence-electron chi connectivity index (χ0n) is 24.4. The second-order valence-electron chi connectivity index (χ2n) is 11.9. The van der Waals surface area contributed by atoms with Crippen molar-refractivity contribution >= 4 is 17.9 Å². The molecule has 8 nitrogen and oxygen atoms in total. The van der Waals surface area contributed by atoms with E-state index in [-0.39, 0.29) is 24.0 Å². The van der Waals surface area contributed by atoms with Crippen molar-refractivity contribution in [1.82, 2.24) is 15.5 Å². The van der Waals surface area contributed by atoms with Crippen LogP contribution in [0.4, 0.5) is 4.79 Å². The van der Waals surface area contributed by atoms with Gasteiger partial charge in [0, 0.05) is 18.5 Å². The Morgan fingerprint density at radius 3 is 2.08 bits per heavy atom. The SMILES string of the molecule is CCCCCN(C(=O)C(Cc1ccccc1)NC(=O)OC(C)(C)C)C(C(=O)NC(C)(C)C)c1ccc(O)cc1. The third-order valence-corrected chi connectivity index (χ3v) is 5.82. The molecule has 2 atom stereocenters. The zero-order chi connectivity index (χ0) is 29.2.